The number of hydrogen-bond donors (Lipinski definition) is 2. The van der Waals surface area contributed by atoms with Crippen LogP contribution < -0.4 is 0 Å². The SMILES string of the molecule is Cc1ccc(-c2c3nc(c(-c4ccc(C)cc4)c4ccc([nH]4)c(-c4ccc(C)cc4)c4c([N+](=O)[O-])c(c(-c5ccc(C)cc5)c5ccc2[nH]5)C=N4)C=C3)cc1. The quantitative estimate of drug-likeness (QED) is 0.137. The fourth-order valence-corrected chi connectivity index (χ4v) is 7.58. The van der Waals surface area contributed by atoms with E-state index in [0.29, 0.717) is 27.9 Å². The van der Waals surface area contributed by atoms with E-state index in [1.807, 2.05) is 86.6 Å². The summed E-state index contributed by atoms with van der Waals surface area (Å²) >= 11 is 0. The molecule has 0 saturated carbocycles. The van der Waals surface area contributed by atoms with E-state index in [0.717, 1.165) is 83.6 Å². The number of aryl methyl sites for hydroxylation is 4. The summed E-state index contributed by atoms with van der Waals surface area (Å²) in [6.07, 6.45) is 5.80. The highest BCUT2D eigenvalue weighted by Crippen LogP contribution is 2.47. The Balaban J connectivity index is 1.52. The zero-order valence-corrected chi connectivity index (χ0v) is 30.9. The summed E-state index contributed by atoms with van der Waals surface area (Å²) in [6, 6.07) is 41.1. The van der Waals surface area contributed by atoms with E-state index in [-0.39, 0.29) is 10.6 Å². The predicted molar refractivity (Wildman–Crippen MR) is 227 cm³/mol. The molecule has 2 aliphatic rings. The van der Waals surface area contributed by atoms with Gasteiger partial charge in [-0.05, 0) is 86.4 Å². The number of hydrogen-bond acceptors (Lipinski definition) is 4. The zero-order chi connectivity index (χ0) is 37.8. The second-order valence-electron chi connectivity index (χ2n) is 14.4. The smallest absolute Gasteiger partial charge is 0.304 e. The van der Waals surface area contributed by atoms with Crippen molar-refractivity contribution in [1.29, 1.82) is 0 Å². The van der Waals surface area contributed by atoms with Gasteiger partial charge in [0.15, 0.2) is 5.69 Å². The Morgan fingerprint density at radius 3 is 1.22 bits per heavy atom. The van der Waals surface area contributed by atoms with Crippen molar-refractivity contribution in [1.82, 2.24) is 15.0 Å². The first kappa shape index (κ1) is 33.7. The highest BCUT2D eigenvalue weighted by Gasteiger charge is 2.29. The molecule has 0 unspecified atom stereocenters. The van der Waals surface area contributed by atoms with Crippen LogP contribution in [0.15, 0.2) is 126 Å². The summed E-state index contributed by atoms with van der Waals surface area (Å²) in [7, 11) is 0. The minimum absolute atomic E-state index is 0.0588. The van der Waals surface area contributed by atoms with Gasteiger partial charge in [-0.1, -0.05) is 119 Å². The van der Waals surface area contributed by atoms with Crippen molar-refractivity contribution < 1.29 is 4.92 Å². The molecule has 0 amide bonds. The molecule has 2 N–H and O–H groups in total. The van der Waals surface area contributed by atoms with Crippen molar-refractivity contribution in [2.24, 2.45) is 4.99 Å². The Labute approximate surface area is 318 Å². The van der Waals surface area contributed by atoms with E-state index in [9.17, 15) is 10.1 Å². The Bertz CT molecular complexity index is 2700. The van der Waals surface area contributed by atoms with Crippen LogP contribution in [0.1, 0.15) is 39.2 Å². The molecule has 7 aromatic rings. The van der Waals surface area contributed by atoms with Gasteiger partial charge in [0.1, 0.15) is 0 Å². The molecule has 55 heavy (non-hydrogen) atoms. The minimum Gasteiger partial charge on any atom is -0.354 e. The Morgan fingerprint density at radius 2 is 0.818 bits per heavy atom. The van der Waals surface area contributed by atoms with E-state index in [1.54, 1.807) is 6.21 Å². The van der Waals surface area contributed by atoms with Gasteiger partial charge in [-0.25, -0.2) is 9.98 Å². The maximum atomic E-state index is 13.4. The molecular formula is C48H37N5O2. The molecule has 8 bridgehead atoms. The molecule has 7 heteroatoms. The second kappa shape index (κ2) is 13.4. The number of H-pyrrole nitrogens is 2. The molecule has 5 heterocycles. The van der Waals surface area contributed by atoms with E-state index >= 15 is 0 Å². The minimum atomic E-state index is -0.292. The van der Waals surface area contributed by atoms with Crippen molar-refractivity contribution in [3.05, 3.63) is 171 Å². The van der Waals surface area contributed by atoms with Gasteiger partial charge >= 0.3 is 5.69 Å². The molecule has 0 radical (unpaired) electrons. The van der Waals surface area contributed by atoms with Crippen molar-refractivity contribution in [2.75, 3.05) is 0 Å². The van der Waals surface area contributed by atoms with Gasteiger partial charge in [0.25, 0.3) is 0 Å². The molecule has 0 fully saturated rings. The molecule has 0 aliphatic carbocycles. The van der Waals surface area contributed by atoms with E-state index < -0.39 is 0 Å². The van der Waals surface area contributed by atoms with Crippen LogP contribution in [0, 0.1) is 37.8 Å². The molecule has 4 aromatic carbocycles. The fourth-order valence-electron chi connectivity index (χ4n) is 7.58. The van der Waals surface area contributed by atoms with Gasteiger partial charge in [-0.15, -0.1) is 0 Å². The Morgan fingerprint density at radius 1 is 0.473 bits per heavy atom. The average Bonchev–Trinajstić information content (AvgIpc) is 4.01. The molecule has 0 spiro atoms. The molecule has 2 aliphatic heterocycles. The standard InChI is InChI=1S/C48H37N5O2/c1-28-5-13-32(14-6-28)43-36-27-49-47(48(36)53(54)55)46(35-19-11-31(4)12-20-35)42-26-25-41(52-42)45(34-17-9-30(3)10-18-34)40-24-23-39(51-40)44(38-22-21-37(43)50-38)33-15-7-29(2)8-16-33/h5-27,50,52H,1-4H3. The Kier molecular flexibility index (Phi) is 8.20. The number of nitrogens with zero attached hydrogens (tertiary/aromatic N) is 3. The second-order valence-corrected chi connectivity index (χ2v) is 14.4. The first-order valence-electron chi connectivity index (χ1n) is 18.3. The molecule has 0 atom stereocenters. The normalized spacial score (nSPS) is 12.0. The van der Waals surface area contributed by atoms with Crippen LogP contribution in [-0.2, 0) is 0 Å². The first-order chi connectivity index (χ1) is 26.7. The van der Waals surface area contributed by atoms with Crippen molar-refractivity contribution in [3.8, 4) is 44.5 Å². The molecule has 266 valence electrons. The van der Waals surface area contributed by atoms with Gasteiger partial charge in [-0.2, -0.15) is 0 Å². The maximum absolute atomic E-state index is 13.4. The predicted octanol–water partition coefficient (Wildman–Crippen LogP) is 12.7. The van der Waals surface area contributed by atoms with Gasteiger partial charge in [0, 0.05) is 50.5 Å². The number of aromatic nitrogens is 3. The van der Waals surface area contributed by atoms with Crippen molar-refractivity contribution in [3.63, 3.8) is 0 Å². The Hall–Kier alpha value is -7.12. The van der Waals surface area contributed by atoms with E-state index in [1.165, 1.54) is 0 Å². The lowest BCUT2D eigenvalue weighted by molar-refractivity contribution is -0.383. The van der Waals surface area contributed by atoms with Gasteiger partial charge in [-0.3, -0.25) is 10.1 Å². The monoisotopic (exact) mass is 715 g/mol. The van der Waals surface area contributed by atoms with Crippen LogP contribution in [0.4, 0.5) is 11.4 Å². The summed E-state index contributed by atoms with van der Waals surface area (Å²) < 4.78 is 0. The van der Waals surface area contributed by atoms with Crippen LogP contribution in [0.2, 0.25) is 0 Å². The third kappa shape index (κ3) is 6.05. The number of aliphatic imine (C=N–C) groups is 1. The summed E-state index contributed by atoms with van der Waals surface area (Å²) in [6.45, 7) is 8.21. The first-order valence-corrected chi connectivity index (χ1v) is 18.3. The molecule has 7 nitrogen and oxygen atoms in total. The number of fused-ring (bicyclic) bond motifs is 8. The van der Waals surface area contributed by atoms with Crippen LogP contribution in [0.3, 0.4) is 0 Å². The summed E-state index contributed by atoms with van der Waals surface area (Å²) in [5.74, 6) is 0. The van der Waals surface area contributed by atoms with Crippen LogP contribution >= 0.6 is 0 Å². The lowest BCUT2D eigenvalue weighted by Gasteiger charge is -2.08. The fraction of sp³-hybridized carbons (Fsp3) is 0.0833. The average molecular weight is 716 g/mol. The van der Waals surface area contributed by atoms with Gasteiger partial charge < -0.3 is 9.97 Å². The lowest BCUT2D eigenvalue weighted by Crippen LogP contribution is -1.94. The van der Waals surface area contributed by atoms with Crippen LogP contribution in [0.5, 0.6) is 0 Å². The van der Waals surface area contributed by atoms with Gasteiger partial charge in [0.05, 0.1) is 21.9 Å². The largest absolute Gasteiger partial charge is 0.354 e. The van der Waals surface area contributed by atoms with E-state index in [2.05, 4.69) is 84.5 Å². The highest BCUT2D eigenvalue weighted by molar-refractivity contribution is 6.10. The number of aromatic amines is 2. The van der Waals surface area contributed by atoms with Crippen LogP contribution in [0.25, 0.3) is 78.7 Å². The topological polar surface area (TPSA) is 100.0 Å². The molecule has 0 saturated heterocycles. The highest BCUT2D eigenvalue weighted by atomic mass is 16.6. The number of rotatable bonds is 5. The number of benzene rings is 4. The maximum Gasteiger partial charge on any atom is 0.304 e. The third-order valence-corrected chi connectivity index (χ3v) is 10.5. The van der Waals surface area contributed by atoms with Crippen molar-refractivity contribution >= 4 is 51.8 Å². The van der Waals surface area contributed by atoms with Gasteiger partial charge in [0.2, 0.25) is 0 Å². The summed E-state index contributed by atoms with van der Waals surface area (Å²) in [5.41, 5.74) is 16.7. The molecular weight excluding hydrogens is 679 g/mol. The lowest BCUT2D eigenvalue weighted by atomic mass is 9.98. The zero-order valence-electron chi connectivity index (χ0n) is 30.9. The molecule has 9 rings (SSSR count). The van der Waals surface area contributed by atoms with E-state index in [4.69, 9.17) is 9.98 Å². The summed E-state index contributed by atoms with van der Waals surface area (Å²) in [4.78, 5) is 30.8. The third-order valence-electron chi connectivity index (χ3n) is 10.5. The van der Waals surface area contributed by atoms with Crippen molar-refractivity contribution in [2.45, 2.75) is 27.7 Å². The number of nitrogens with one attached hydrogen (secondary N) is 2. The summed E-state index contributed by atoms with van der Waals surface area (Å²) in [5, 5.41) is 13.4. The van der Waals surface area contributed by atoms with Crippen LogP contribution in [-0.4, -0.2) is 26.1 Å². The molecule has 3 aromatic heterocycles. The number of nitro groups is 1.